The Hall–Kier alpha value is -2.76. The number of phenols is 1. The summed E-state index contributed by atoms with van der Waals surface area (Å²) in [6.45, 7) is 0.823. The number of rotatable bonds is 5. The Bertz CT molecular complexity index is 768. The van der Waals surface area contributed by atoms with Crippen molar-refractivity contribution in [3.05, 3.63) is 47.0 Å². The third-order valence-electron chi connectivity index (χ3n) is 3.53. The second-order valence-corrected chi connectivity index (χ2v) is 5.34. The van der Waals surface area contributed by atoms with Gasteiger partial charge in [0.2, 0.25) is 5.75 Å². The maximum Gasteiger partial charge on any atom is 0.270 e. The zero-order valence-electron chi connectivity index (χ0n) is 13.6. The molecule has 2 aromatic carbocycles. The standard InChI is InChI=1S/C18H19F2NO3/c1-18(19,20)13-7-6-12(14(21)10-13)5-4-11-8-15(22)17(24-3)16(9-11)23-2/h4-10,22H,21H2,1-3H3. The van der Waals surface area contributed by atoms with E-state index >= 15 is 0 Å². The minimum absolute atomic E-state index is 0.0644. The van der Waals surface area contributed by atoms with E-state index in [9.17, 15) is 13.9 Å². The summed E-state index contributed by atoms with van der Waals surface area (Å²) in [5.74, 6) is -2.38. The average molecular weight is 335 g/mol. The Labute approximate surface area is 139 Å². The Morgan fingerprint density at radius 1 is 1.08 bits per heavy atom. The van der Waals surface area contributed by atoms with Gasteiger partial charge in [-0.1, -0.05) is 24.3 Å². The van der Waals surface area contributed by atoms with E-state index in [1.165, 1.54) is 38.5 Å². The highest BCUT2D eigenvalue weighted by atomic mass is 19.3. The third kappa shape index (κ3) is 3.76. The van der Waals surface area contributed by atoms with E-state index < -0.39 is 5.92 Å². The minimum Gasteiger partial charge on any atom is -0.504 e. The molecule has 0 radical (unpaired) electrons. The van der Waals surface area contributed by atoms with Crippen molar-refractivity contribution >= 4 is 17.8 Å². The number of nitrogens with two attached hydrogens (primary N) is 1. The molecule has 0 heterocycles. The fraction of sp³-hybridized carbons (Fsp3) is 0.222. The summed E-state index contributed by atoms with van der Waals surface area (Å²) in [6.07, 6.45) is 3.37. The number of nitrogen functional groups attached to an aromatic ring is 1. The fourth-order valence-electron chi connectivity index (χ4n) is 2.25. The number of ether oxygens (including phenoxy) is 2. The summed E-state index contributed by atoms with van der Waals surface area (Å²) >= 11 is 0. The van der Waals surface area contributed by atoms with Gasteiger partial charge in [-0.2, -0.15) is 0 Å². The lowest BCUT2D eigenvalue weighted by Gasteiger charge is -2.12. The van der Waals surface area contributed by atoms with Crippen LogP contribution in [0.2, 0.25) is 0 Å². The van der Waals surface area contributed by atoms with Crippen molar-refractivity contribution in [3.63, 3.8) is 0 Å². The number of hydrogen-bond donors (Lipinski definition) is 2. The summed E-state index contributed by atoms with van der Waals surface area (Å²) in [4.78, 5) is 0. The second-order valence-electron chi connectivity index (χ2n) is 5.34. The van der Waals surface area contributed by atoms with Gasteiger partial charge in [0.05, 0.1) is 14.2 Å². The highest BCUT2D eigenvalue weighted by molar-refractivity contribution is 5.77. The van der Waals surface area contributed by atoms with Crippen molar-refractivity contribution in [1.29, 1.82) is 0 Å². The van der Waals surface area contributed by atoms with Crippen molar-refractivity contribution < 1.29 is 23.4 Å². The van der Waals surface area contributed by atoms with Gasteiger partial charge in [0.15, 0.2) is 11.5 Å². The molecule has 0 atom stereocenters. The van der Waals surface area contributed by atoms with E-state index in [0.29, 0.717) is 16.9 Å². The minimum atomic E-state index is -2.94. The molecule has 2 aromatic rings. The molecule has 4 nitrogen and oxygen atoms in total. The van der Waals surface area contributed by atoms with E-state index in [-0.39, 0.29) is 22.7 Å². The summed E-state index contributed by atoms with van der Waals surface area (Å²) < 4.78 is 36.8. The number of halogens is 2. The number of benzene rings is 2. The number of alkyl halides is 2. The summed E-state index contributed by atoms with van der Waals surface area (Å²) in [5, 5.41) is 9.93. The molecule has 0 aliphatic heterocycles. The lowest BCUT2D eigenvalue weighted by molar-refractivity contribution is 0.0175. The molecule has 24 heavy (non-hydrogen) atoms. The molecular formula is C18H19F2NO3. The largest absolute Gasteiger partial charge is 0.504 e. The first-order chi connectivity index (χ1) is 11.3. The van der Waals surface area contributed by atoms with Crippen LogP contribution in [0.25, 0.3) is 12.2 Å². The molecule has 0 bridgehead atoms. The molecule has 0 amide bonds. The highest BCUT2D eigenvalue weighted by Crippen LogP contribution is 2.38. The molecule has 0 aliphatic carbocycles. The quantitative estimate of drug-likeness (QED) is 0.632. The first-order valence-corrected chi connectivity index (χ1v) is 7.17. The molecule has 0 saturated carbocycles. The maximum absolute atomic E-state index is 13.3. The first-order valence-electron chi connectivity index (χ1n) is 7.17. The number of hydrogen-bond acceptors (Lipinski definition) is 4. The van der Waals surface area contributed by atoms with Crippen LogP contribution in [0, 0.1) is 0 Å². The normalized spacial score (nSPS) is 11.7. The van der Waals surface area contributed by atoms with Crippen LogP contribution in [0.5, 0.6) is 17.2 Å². The molecule has 3 N–H and O–H groups in total. The van der Waals surface area contributed by atoms with Gasteiger partial charge in [-0.25, -0.2) is 8.78 Å². The maximum atomic E-state index is 13.3. The van der Waals surface area contributed by atoms with Crippen molar-refractivity contribution in [2.45, 2.75) is 12.8 Å². The van der Waals surface area contributed by atoms with Gasteiger partial charge in [0, 0.05) is 18.2 Å². The lowest BCUT2D eigenvalue weighted by Crippen LogP contribution is -2.07. The zero-order chi connectivity index (χ0) is 17.9. The van der Waals surface area contributed by atoms with Crippen molar-refractivity contribution in [2.75, 3.05) is 20.0 Å². The van der Waals surface area contributed by atoms with Crippen LogP contribution in [0.15, 0.2) is 30.3 Å². The predicted octanol–water partition coefficient (Wildman–Crippen LogP) is 4.27. The monoisotopic (exact) mass is 335 g/mol. The Morgan fingerprint density at radius 2 is 1.79 bits per heavy atom. The topological polar surface area (TPSA) is 64.7 Å². The van der Waals surface area contributed by atoms with E-state index in [1.54, 1.807) is 18.2 Å². The molecule has 6 heteroatoms. The number of aromatic hydroxyl groups is 1. The van der Waals surface area contributed by atoms with Gasteiger partial charge in [0.1, 0.15) is 0 Å². The molecule has 0 spiro atoms. The predicted molar refractivity (Wildman–Crippen MR) is 90.6 cm³/mol. The Kier molecular flexibility index (Phi) is 4.97. The molecule has 2 rings (SSSR count). The van der Waals surface area contributed by atoms with Crippen LogP contribution in [-0.2, 0) is 5.92 Å². The number of anilines is 1. The summed E-state index contributed by atoms with van der Waals surface area (Å²) in [5.41, 5.74) is 7.18. The SMILES string of the molecule is COc1cc(C=Cc2ccc(C(C)(F)F)cc2N)cc(O)c1OC. The lowest BCUT2D eigenvalue weighted by atomic mass is 10.0. The van der Waals surface area contributed by atoms with E-state index in [1.807, 2.05) is 0 Å². The van der Waals surface area contributed by atoms with Gasteiger partial charge >= 0.3 is 0 Å². The van der Waals surface area contributed by atoms with E-state index in [0.717, 1.165) is 6.92 Å². The smallest absolute Gasteiger partial charge is 0.270 e. The summed E-state index contributed by atoms with van der Waals surface area (Å²) in [7, 11) is 2.89. The van der Waals surface area contributed by atoms with E-state index in [2.05, 4.69) is 0 Å². The van der Waals surface area contributed by atoms with Crippen LogP contribution in [0.4, 0.5) is 14.5 Å². The van der Waals surface area contributed by atoms with E-state index in [4.69, 9.17) is 15.2 Å². The Balaban J connectivity index is 2.33. The molecular weight excluding hydrogens is 316 g/mol. The first kappa shape index (κ1) is 17.6. The van der Waals surface area contributed by atoms with Crippen LogP contribution in [0.1, 0.15) is 23.6 Å². The fourth-order valence-corrected chi connectivity index (χ4v) is 2.25. The van der Waals surface area contributed by atoms with Gasteiger partial charge < -0.3 is 20.3 Å². The Morgan fingerprint density at radius 3 is 2.33 bits per heavy atom. The summed E-state index contributed by atoms with van der Waals surface area (Å²) in [6, 6.07) is 7.30. The van der Waals surface area contributed by atoms with Gasteiger partial charge in [-0.15, -0.1) is 0 Å². The molecule has 0 aromatic heterocycles. The molecule has 0 fully saturated rings. The number of methoxy groups -OCH3 is 2. The molecule has 0 aliphatic rings. The van der Waals surface area contributed by atoms with Crippen molar-refractivity contribution in [2.24, 2.45) is 0 Å². The molecule has 0 saturated heterocycles. The average Bonchev–Trinajstić information content (AvgIpc) is 2.52. The van der Waals surface area contributed by atoms with Crippen LogP contribution in [-0.4, -0.2) is 19.3 Å². The second kappa shape index (κ2) is 6.78. The van der Waals surface area contributed by atoms with Crippen molar-refractivity contribution in [1.82, 2.24) is 0 Å². The molecule has 128 valence electrons. The highest BCUT2D eigenvalue weighted by Gasteiger charge is 2.24. The van der Waals surface area contributed by atoms with Gasteiger partial charge in [0.25, 0.3) is 5.92 Å². The van der Waals surface area contributed by atoms with Gasteiger partial charge in [-0.3, -0.25) is 0 Å². The zero-order valence-corrected chi connectivity index (χ0v) is 13.6. The van der Waals surface area contributed by atoms with Crippen molar-refractivity contribution in [3.8, 4) is 17.2 Å². The van der Waals surface area contributed by atoms with Crippen LogP contribution >= 0.6 is 0 Å². The third-order valence-corrected chi connectivity index (χ3v) is 3.53. The van der Waals surface area contributed by atoms with Crippen LogP contribution in [0.3, 0.4) is 0 Å². The van der Waals surface area contributed by atoms with Gasteiger partial charge in [-0.05, 0) is 29.3 Å². The number of phenolic OH excluding ortho intramolecular Hbond substituents is 1. The van der Waals surface area contributed by atoms with Crippen LogP contribution < -0.4 is 15.2 Å². The molecule has 0 unspecified atom stereocenters.